The van der Waals surface area contributed by atoms with Crippen LogP contribution in [0.3, 0.4) is 0 Å². The maximum Gasteiger partial charge on any atom is 0.407 e. The molecule has 0 aliphatic rings. The Bertz CT molecular complexity index is 444. The van der Waals surface area contributed by atoms with Gasteiger partial charge < -0.3 is 36.9 Å². The van der Waals surface area contributed by atoms with Crippen molar-refractivity contribution in [3.05, 3.63) is 0 Å². The Morgan fingerprint density at radius 2 is 1.47 bits per heavy atom. The molecular weight excluding hydrogens is 386 g/mol. The quantitative estimate of drug-likeness (QED) is 0.206. The number of alkyl carbamates (subject to hydrolysis) is 1. The zero-order valence-corrected chi connectivity index (χ0v) is 19.3. The van der Waals surface area contributed by atoms with Crippen molar-refractivity contribution in [2.24, 2.45) is 11.5 Å². The van der Waals surface area contributed by atoms with Crippen LogP contribution in [0.4, 0.5) is 4.79 Å². The molecule has 30 heavy (non-hydrogen) atoms. The summed E-state index contributed by atoms with van der Waals surface area (Å²) in [6.45, 7) is 9.33. The summed E-state index contributed by atoms with van der Waals surface area (Å²) < 4.78 is 10.5. The molecule has 0 saturated heterocycles. The van der Waals surface area contributed by atoms with Crippen LogP contribution in [0.15, 0.2) is 0 Å². The molecule has 0 bridgehead atoms. The number of carbonyl (C=O) groups excluding carboxylic acids is 2. The average molecular weight is 432 g/mol. The molecule has 9 heteroatoms. The second kappa shape index (κ2) is 18.4. The number of hydrogen-bond acceptors (Lipinski definition) is 7. The highest BCUT2D eigenvalue weighted by atomic mass is 16.6. The van der Waals surface area contributed by atoms with Crippen LogP contribution in [-0.4, -0.2) is 69.6 Å². The summed E-state index contributed by atoms with van der Waals surface area (Å²) in [5, 5.41) is 8.70. The van der Waals surface area contributed by atoms with Gasteiger partial charge in [-0.15, -0.1) is 0 Å². The monoisotopic (exact) mass is 431 g/mol. The highest BCUT2D eigenvalue weighted by molar-refractivity contribution is 5.81. The molecule has 7 N–H and O–H groups in total. The van der Waals surface area contributed by atoms with Gasteiger partial charge in [-0.05, 0) is 59.7 Å². The van der Waals surface area contributed by atoms with Crippen LogP contribution < -0.4 is 27.4 Å². The Hall–Kier alpha value is -1.42. The van der Waals surface area contributed by atoms with Gasteiger partial charge in [0.2, 0.25) is 5.91 Å². The third-order valence-corrected chi connectivity index (χ3v) is 4.24. The van der Waals surface area contributed by atoms with Gasteiger partial charge in [0.25, 0.3) is 0 Å². The lowest BCUT2D eigenvalue weighted by atomic mass is 10.1. The lowest BCUT2D eigenvalue weighted by molar-refractivity contribution is -0.122. The highest BCUT2D eigenvalue weighted by Crippen LogP contribution is 2.06. The van der Waals surface area contributed by atoms with Crippen molar-refractivity contribution in [3.8, 4) is 0 Å². The van der Waals surface area contributed by atoms with Gasteiger partial charge in [0, 0.05) is 13.1 Å². The van der Waals surface area contributed by atoms with Crippen molar-refractivity contribution < 1.29 is 19.1 Å². The predicted octanol–water partition coefficient (Wildman–Crippen LogP) is 1.25. The Kier molecular flexibility index (Phi) is 17.5. The largest absolute Gasteiger partial charge is 0.444 e. The fraction of sp³-hybridized carbons (Fsp3) is 0.905. The van der Waals surface area contributed by atoms with Crippen molar-refractivity contribution in [2.75, 3.05) is 45.9 Å². The van der Waals surface area contributed by atoms with Gasteiger partial charge in [0.1, 0.15) is 5.60 Å². The van der Waals surface area contributed by atoms with Gasteiger partial charge in [-0.25, -0.2) is 4.79 Å². The zero-order chi connectivity index (χ0) is 22.7. The van der Waals surface area contributed by atoms with Crippen LogP contribution in [0.1, 0.15) is 65.7 Å². The van der Waals surface area contributed by atoms with Crippen LogP contribution in [0.5, 0.6) is 0 Å². The van der Waals surface area contributed by atoms with Crippen molar-refractivity contribution >= 4 is 12.0 Å². The predicted molar refractivity (Wildman–Crippen MR) is 120 cm³/mol. The minimum Gasteiger partial charge on any atom is -0.444 e. The first kappa shape index (κ1) is 28.6. The minimum absolute atomic E-state index is 0.174. The van der Waals surface area contributed by atoms with E-state index in [4.69, 9.17) is 20.9 Å². The maximum atomic E-state index is 11.9. The summed E-state index contributed by atoms with van der Waals surface area (Å²) in [5.74, 6) is -0.174. The lowest BCUT2D eigenvalue weighted by Gasteiger charge is -2.19. The van der Waals surface area contributed by atoms with Crippen LogP contribution in [0, 0.1) is 0 Å². The SMILES string of the molecule is CC(C)(C)OC(=O)NCCOCCNC(=O)[C@@H](N)CCNCCCCCCCCN. The van der Waals surface area contributed by atoms with E-state index in [2.05, 4.69) is 16.0 Å². The number of hydrogen-bond donors (Lipinski definition) is 5. The van der Waals surface area contributed by atoms with Gasteiger partial charge in [-0.3, -0.25) is 4.79 Å². The first-order valence-electron chi connectivity index (χ1n) is 11.2. The van der Waals surface area contributed by atoms with Crippen molar-refractivity contribution in [1.29, 1.82) is 0 Å². The number of rotatable bonds is 18. The Morgan fingerprint density at radius 1 is 0.867 bits per heavy atom. The molecule has 0 saturated carbocycles. The van der Waals surface area contributed by atoms with Crippen molar-refractivity contribution in [2.45, 2.75) is 77.4 Å². The molecule has 0 aliphatic carbocycles. The normalized spacial score (nSPS) is 12.4. The topological polar surface area (TPSA) is 141 Å². The van der Waals surface area contributed by atoms with Crippen LogP contribution in [-0.2, 0) is 14.3 Å². The molecule has 9 nitrogen and oxygen atoms in total. The molecule has 0 aromatic carbocycles. The second-order valence-electron chi connectivity index (χ2n) is 8.39. The molecule has 0 spiro atoms. The molecule has 0 fully saturated rings. The van der Waals surface area contributed by atoms with Gasteiger partial charge in [0.05, 0.1) is 19.3 Å². The van der Waals surface area contributed by atoms with Crippen LogP contribution in [0.25, 0.3) is 0 Å². The number of amides is 2. The summed E-state index contributed by atoms with van der Waals surface area (Å²) >= 11 is 0. The molecule has 0 radical (unpaired) electrons. The third-order valence-electron chi connectivity index (χ3n) is 4.24. The third kappa shape index (κ3) is 19.9. The number of nitrogens with two attached hydrogens (primary N) is 2. The highest BCUT2D eigenvalue weighted by Gasteiger charge is 2.15. The van der Waals surface area contributed by atoms with E-state index in [1.54, 1.807) is 20.8 Å². The van der Waals surface area contributed by atoms with Crippen molar-refractivity contribution in [3.63, 3.8) is 0 Å². The van der Waals surface area contributed by atoms with Gasteiger partial charge in [0.15, 0.2) is 0 Å². The fourth-order valence-corrected chi connectivity index (χ4v) is 2.63. The van der Waals surface area contributed by atoms with E-state index in [0.717, 1.165) is 32.5 Å². The van der Waals surface area contributed by atoms with Gasteiger partial charge >= 0.3 is 6.09 Å². The summed E-state index contributed by atoms with van der Waals surface area (Å²) in [5.41, 5.74) is 10.9. The fourth-order valence-electron chi connectivity index (χ4n) is 2.63. The molecular formula is C21H45N5O4. The van der Waals surface area contributed by atoms with Crippen LogP contribution >= 0.6 is 0 Å². The molecule has 0 aromatic rings. The number of unbranched alkanes of at least 4 members (excludes halogenated alkanes) is 5. The number of carbonyl (C=O) groups is 2. The minimum atomic E-state index is -0.525. The van der Waals surface area contributed by atoms with E-state index in [-0.39, 0.29) is 5.91 Å². The van der Waals surface area contributed by atoms with Gasteiger partial charge in [-0.2, -0.15) is 0 Å². The van der Waals surface area contributed by atoms with E-state index < -0.39 is 17.7 Å². The number of ether oxygens (including phenoxy) is 2. The van der Waals surface area contributed by atoms with E-state index in [1.807, 2.05) is 0 Å². The summed E-state index contributed by atoms with van der Waals surface area (Å²) in [6, 6.07) is -0.525. The summed E-state index contributed by atoms with van der Waals surface area (Å²) in [6.07, 6.45) is 7.35. The summed E-state index contributed by atoms with van der Waals surface area (Å²) in [7, 11) is 0. The number of nitrogens with one attached hydrogen (secondary N) is 3. The average Bonchev–Trinajstić information content (AvgIpc) is 2.66. The molecule has 0 aromatic heterocycles. The standard InChI is InChI=1S/C21H45N5O4/c1-21(2,3)30-20(28)26-15-17-29-16-14-25-19(27)18(23)10-13-24-12-9-7-5-4-6-8-11-22/h18,24H,4-17,22-23H2,1-3H3,(H,25,27)(H,26,28)/t18-/m0/s1. The van der Waals surface area contributed by atoms with E-state index in [1.165, 1.54) is 25.7 Å². The molecule has 0 heterocycles. The first-order valence-corrected chi connectivity index (χ1v) is 11.2. The Labute approximate surface area is 182 Å². The molecule has 2 amide bonds. The maximum absolute atomic E-state index is 11.9. The smallest absolute Gasteiger partial charge is 0.407 e. The Balaban J connectivity index is 3.46. The molecule has 0 rings (SSSR count). The summed E-state index contributed by atoms with van der Waals surface area (Å²) in [4.78, 5) is 23.4. The lowest BCUT2D eigenvalue weighted by Crippen LogP contribution is -2.43. The Morgan fingerprint density at radius 3 is 2.10 bits per heavy atom. The van der Waals surface area contributed by atoms with Crippen molar-refractivity contribution in [1.82, 2.24) is 16.0 Å². The van der Waals surface area contributed by atoms with Gasteiger partial charge in [-0.1, -0.05) is 25.7 Å². The van der Waals surface area contributed by atoms with Crippen LogP contribution in [0.2, 0.25) is 0 Å². The van der Waals surface area contributed by atoms with E-state index >= 15 is 0 Å². The zero-order valence-electron chi connectivity index (χ0n) is 19.3. The van der Waals surface area contributed by atoms with E-state index in [9.17, 15) is 9.59 Å². The van der Waals surface area contributed by atoms with E-state index in [0.29, 0.717) is 32.7 Å². The molecule has 178 valence electrons. The molecule has 0 aliphatic heterocycles. The first-order chi connectivity index (χ1) is 14.3. The second-order valence-corrected chi connectivity index (χ2v) is 8.39. The molecule has 0 unspecified atom stereocenters. The molecule has 1 atom stereocenters.